The summed E-state index contributed by atoms with van der Waals surface area (Å²) in [6.07, 6.45) is 0. The van der Waals surface area contributed by atoms with Gasteiger partial charge in [0.05, 0.1) is 12.1 Å². The average molecular weight is 278 g/mol. The van der Waals surface area contributed by atoms with Crippen LogP contribution in [0.25, 0.3) is 0 Å². The van der Waals surface area contributed by atoms with Gasteiger partial charge in [0.25, 0.3) is 5.78 Å². The van der Waals surface area contributed by atoms with E-state index in [1.165, 1.54) is 12.1 Å². The van der Waals surface area contributed by atoms with E-state index in [4.69, 9.17) is 11.6 Å². The minimum atomic E-state index is -0.926. The lowest BCUT2D eigenvalue weighted by molar-refractivity contribution is -0.135. The molecule has 1 rings (SSSR count). The molecule has 0 aliphatic rings. The Kier molecular flexibility index (Phi) is 3.66. The van der Waals surface area contributed by atoms with Gasteiger partial charge in [-0.25, -0.2) is 4.79 Å². The van der Waals surface area contributed by atoms with Crippen molar-refractivity contribution in [1.82, 2.24) is 0 Å². The molecule has 5 heteroatoms. The third-order valence-electron chi connectivity index (χ3n) is 1.54. The maximum absolute atomic E-state index is 11.4. The number of rotatable bonds is 2. The molecule has 0 amide bonds. The fourth-order valence-corrected chi connectivity index (χ4v) is 1.44. The first kappa shape index (κ1) is 11.2. The quantitative estimate of drug-likeness (QED) is 0.474. The van der Waals surface area contributed by atoms with Crippen molar-refractivity contribution in [2.45, 2.75) is 0 Å². The molecule has 0 spiro atoms. The predicted octanol–water partition coefficient (Wildman–Crippen LogP) is 2.46. The molecule has 0 aromatic heterocycles. The normalized spacial score (nSPS) is 9.64. The van der Waals surface area contributed by atoms with E-state index < -0.39 is 11.8 Å². The number of hydrogen-bond acceptors (Lipinski definition) is 3. The molecule has 3 nitrogen and oxygen atoms in total. The van der Waals surface area contributed by atoms with Crippen LogP contribution in [0.1, 0.15) is 10.4 Å². The van der Waals surface area contributed by atoms with Crippen LogP contribution in [-0.2, 0) is 9.53 Å². The molecular formula is C9H6BrClO3. The third-order valence-corrected chi connectivity index (χ3v) is 2.37. The molecule has 1 aromatic carbocycles. The van der Waals surface area contributed by atoms with E-state index >= 15 is 0 Å². The zero-order valence-electron chi connectivity index (χ0n) is 7.21. The van der Waals surface area contributed by atoms with Crippen LogP contribution >= 0.6 is 27.5 Å². The second-order valence-corrected chi connectivity index (χ2v) is 3.77. The lowest BCUT2D eigenvalue weighted by atomic mass is 10.1. The average Bonchev–Trinajstić information content (AvgIpc) is 2.19. The molecular weight excluding hydrogens is 271 g/mol. The molecule has 0 aliphatic heterocycles. The van der Waals surface area contributed by atoms with Crippen molar-refractivity contribution in [1.29, 1.82) is 0 Å². The van der Waals surface area contributed by atoms with Gasteiger partial charge in [0, 0.05) is 10.0 Å². The first-order valence-electron chi connectivity index (χ1n) is 3.64. The highest BCUT2D eigenvalue weighted by molar-refractivity contribution is 9.10. The van der Waals surface area contributed by atoms with Crippen molar-refractivity contribution in [2.75, 3.05) is 7.11 Å². The van der Waals surface area contributed by atoms with E-state index in [2.05, 4.69) is 20.7 Å². The second-order valence-electron chi connectivity index (χ2n) is 2.44. The fraction of sp³-hybridized carbons (Fsp3) is 0.111. The van der Waals surface area contributed by atoms with Gasteiger partial charge < -0.3 is 4.74 Å². The molecule has 0 saturated carbocycles. The van der Waals surface area contributed by atoms with Gasteiger partial charge in [-0.3, -0.25) is 4.79 Å². The van der Waals surface area contributed by atoms with Gasteiger partial charge in [-0.2, -0.15) is 0 Å². The zero-order valence-corrected chi connectivity index (χ0v) is 9.55. The molecule has 1 aromatic rings. The summed E-state index contributed by atoms with van der Waals surface area (Å²) in [4.78, 5) is 22.3. The lowest BCUT2D eigenvalue weighted by Crippen LogP contribution is -2.16. The highest BCUT2D eigenvalue weighted by Crippen LogP contribution is 2.21. The molecule has 0 bridgehead atoms. The Bertz CT molecular complexity index is 390. The van der Waals surface area contributed by atoms with E-state index in [9.17, 15) is 9.59 Å². The Morgan fingerprint density at radius 3 is 2.64 bits per heavy atom. The van der Waals surface area contributed by atoms with E-state index in [1.54, 1.807) is 6.07 Å². The van der Waals surface area contributed by atoms with Crippen molar-refractivity contribution in [3.05, 3.63) is 33.3 Å². The molecule has 0 heterocycles. The van der Waals surface area contributed by atoms with Gasteiger partial charge in [-0.15, -0.1) is 0 Å². The van der Waals surface area contributed by atoms with Crippen LogP contribution in [0, 0.1) is 0 Å². The smallest absolute Gasteiger partial charge is 0.379 e. The van der Waals surface area contributed by atoms with Crippen molar-refractivity contribution >= 4 is 39.3 Å². The number of hydrogen-bond donors (Lipinski definition) is 0. The van der Waals surface area contributed by atoms with E-state index in [1.807, 2.05) is 0 Å². The van der Waals surface area contributed by atoms with Gasteiger partial charge in [0.1, 0.15) is 0 Å². The van der Waals surface area contributed by atoms with Crippen LogP contribution in [0.4, 0.5) is 0 Å². The number of Topliss-reactive ketones (excluding diaryl/α,β-unsaturated/α-hetero) is 1. The van der Waals surface area contributed by atoms with E-state index in [0.717, 1.165) is 7.11 Å². The molecule has 0 fully saturated rings. The number of esters is 1. The minimum absolute atomic E-state index is 0.132. The van der Waals surface area contributed by atoms with Crippen LogP contribution in [0.5, 0.6) is 0 Å². The van der Waals surface area contributed by atoms with Crippen molar-refractivity contribution in [3.8, 4) is 0 Å². The molecule has 0 unspecified atom stereocenters. The number of ketones is 1. The van der Waals surface area contributed by atoms with Gasteiger partial charge in [-0.1, -0.05) is 27.5 Å². The monoisotopic (exact) mass is 276 g/mol. The molecule has 74 valence electrons. The Balaban J connectivity index is 3.12. The Morgan fingerprint density at radius 2 is 2.07 bits per heavy atom. The third kappa shape index (κ3) is 2.33. The summed E-state index contributed by atoms with van der Waals surface area (Å²) in [5, 5.41) is 0.226. The standard InChI is InChI=1S/C9H6BrClO3/c1-14-9(13)8(12)6-4-5(10)2-3-7(6)11/h2-4H,1H3. The van der Waals surface area contributed by atoms with Crippen LogP contribution < -0.4 is 0 Å². The molecule has 0 N–H and O–H groups in total. The highest BCUT2D eigenvalue weighted by atomic mass is 79.9. The maximum atomic E-state index is 11.4. The number of methoxy groups -OCH3 is 1. The van der Waals surface area contributed by atoms with Gasteiger partial charge in [0.15, 0.2) is 0 Å². The van der Waals surface area contributed by atoms with E-state index in [-0.39, 0.29) is 10.6 Å². The molecule has 0 radical (unpaired) electrons. The number of halogens is 2. The summed E-state index contributed by atoms with van der Waals surface area (Å²) < 4.78 is 4.97. The van der Waals surface area contributed by atoms with Crippen LogP contribution in [-0.4, -0.2) is 18.9 Å². The minimum Gasteiger partial charge on any atom is -0.463 e. The fourth-order valence-electron chi connectivity index (χ4n) is 0.874. The summed E-state index contributed by atoms with van der Waals surface area (Å²) in [6.45, 7) is 0. The molecule has 0 atom stereocenters. The topological polar surface area (TPSA) is 43.4 Å². The molecule has 0 saturated heterocycles. The number of ether oxygens (including phenoxy) is 1. The lowest BCUT2D eigenvalue weighted by Gasteiger charge is -2.01. The SMILES string of the molecule is COC(=O)C(=O)c1cc(Br)ccc1Cl. The van der Waals surface area contributed by atoms with Gasteiger partial charge >= 0.3 is 5.97 Å². The Morgan fingerprint density at radius 1 is 1.43 bits per heavy atom. The Labute approximate surface area is 94.1 Å². The maximum Gasteiger partial charge on any atom is 0.379 e. The summed E-state index contributed by atoms with van der Waals surface area (Å²) in [5.41, 5.74) is 0.132. The van der Waals surface area contributed by atoms with Crippen molar-refractivity contribution in [2.24, 2.45) is 0 Å². The summed E-state index contributed by atoms with van der Waals surface area (Å²) in [6, 6.07) is 4.68. The summed E-state index contributed by atoms with van der Waals surface area (Å²) in [7, 11) is 1.14. The molecule has 14 heavy (non-hydrogen) atoms. The summed E-state index contributed by atoms with van der Waals surface area (Å²) in [5.74, 6) is -1.68. The highest BCUT2D eigenvalue weighted by Gasteiger charge is 2.19. The first-order valence-corrected chi connectivity index (χ1v) is 4.81. The van der Waals surface area contributed by atoms with E-state index in [0.29, 0.717) is 4.47 Å². The van der Waals surface area contributed by atoms with Crippen molar-refractivity contribution < 1.29 is 14.3 Å². The second kappa shape index (κ2) is 4.57. The first-order chi connectivity index (χ1) is 6.56. The predicted molar refractivity (Wildman–Crippen MR) is 55.5 cm³/mol. The summed E-state index contributed by atoms with van der Waals surface area (Å²) >= 11 is 8.92. The van der Waals surface area contributed by atoms with Crippen molar-refractivity contribution in [3.63, 3.8) is 0 Å². The van der Waals surface area contributed by atoms with Crippen LogP contribution in [0.15, 0.2) is 22.7 Å². The van der Waals surface area contributed by atoms with Crippen LogP contribution in [0.3, 0.4) is 0 Å². The zero-order chi connectivity index (χ0) is 10.7. The number of benzene rings is 1. The number of carbonyl (C=O) groups excluding carboxylic acids is 2. The van der Waals surface area contributed by atoms with Crippen LogP contribution in [0.2, 0.25) is 5.02 Å². The van der Waals surface area contributed by atoms with Gasteiger partial charge in [-0.05, 0) is 18.2 Å². The number of carbonyl (C=O) groups is 2. The van der Waals surface area contributed by atoms with Gasteiger partial charge in [0.2, 0.25) is 0 Å². The largest absolute Gasteiger partial charge is 0.463 e. The molecule has 0 aliphatic carbocycles. The Hall–Kier alpha value is -0.870.